The van der Waals surface area contributed by atoms with Gasteiger partial charge in [-0.1, -0.05) is 23.4 Å². The van der Waals surface area contributed by atoms with Gasteiger partial charge in [0, 0.05) is 25.6 Å². The van der Waals surface area contributed by atoms with Gasteiger partial charge in [-0.05, 0) is 49.8 Å². The number of aromatic hydroxyl groups is 2. The van der Waals surface area contributed by atoms with Crippen LogP contribution < -0.4 is 0 Å². The molecule has 8 heteroatoms. The predicted molar refractivity (Wildman–Crippen MR) is 115 cm³/mol. The molecule has 0 unspecified atom stereocenters. The maximum Gasteiger partial charge on any atom is 0.342 e. The number of ether oxygens (including phenoxy) is 1. The van der Waals surface area contributed by atoms with Crippen molar-refractivity contribution < 1.29 is 29.4 Å². The molecule has 2 aliphatic heterocycles. The van der Waals surface area contributed by atoms with E-state index in [1.807, 2.05) is 12.2 Å². The van der Waals surface area contributed by atoms with Crippen molar-refractivity contribution in [3.8, 4) is 11.5 Å². The molecule has 0 radical (unpaired) electrons. The molecule has 0 spiro atoms. The van der Waals surface area contributed by atoms with Gasteiger partial charge < -0.3 is 24.7 Å². The van der Waals surface area contributed by atoms with Crippen molar-refractivity contribution in [1.29, 1.82) is 0 Å². The van der Waals surface area contributed by atoms with Gasteiger partial charge in [-0.2, -0.15) is 0 Å². The van der Waals surface area contributed by atoms with Gasteiger partial charge in [0.25, 0.3) is 5.91 Å². The summed E-state index contributed by atoms with van der Waals surface area (Å²) in [6, 6.07) is 2.47. The van der Waals surface area contributed by atoms with Gasteiger partial charge in [-0.25, -0.2) is 4.79 Å². The van der Waals surface area contributed by atoms with Crippen LogP contribution in [0.2, 0.25) is 0 Å². The zero-order chi connectivity index (χ0) is 22.1. The van der Waals surface area contributed by atoms with Crippen LogP contribution in [0.4, 0.5) is 0 Å². The van der Waals surface area contributed by atoms with Crippen molar-refractivity contribution in [1.82, 2.24) is 4.90 Å². The maximum atomic E-state index is 12.5. The van der Waals surface area contributed by atoms with Gasteiger partial charge in [0.2, 0.25) is 0 Å². The van der Waals surface area contributed by atoms with E-state index in [2.05, 4.69) is 5.16 Å². The van der Waals surface area contributed by atoms with Gasteiger partial charge in [-0.3, -0.25) is 4.79 Å². The Morgan fingerprint density at radius 2 is 1.87 bits per heavy atom. The first-order valence-corrected chi connectivity index (χ1v) is 10.5. The molecule has 3 rings (SSSR count). The fourth-order valence-corrected chi connectivity index (χ4v) is 3.56. The van der Waals surface area contributed by atoms with Crippen LogP contribution in [0.3, 0.4) is 0 Å². The molecule has 1 aromatic rings. The van der Waals surface area contributed by atoms with Crippen LogP contribution >= 0.6 is 0 Å². The number of hydrogen-bond acceptors (Lipinski definition) is 7. The van der Waals surface area contributed by atoms with E-state index in [-0.39, 0.29) is 42.6 Å². The van der Waals surface area contributed by atoms with Gasteiger partial charge >= 0.3 is 5.97 Å². The first-order valence-electron chi connectivity index (χ1n) is 10.5. The Kier molecular flexibility index (Phi) is 8.09. The number of cyclic esters (lactones) is 1. The minimum Gasteiger partial charge on any atom is -0.508 e. The first-order chi connectivity index (χ1) is 15.0. The summed E-state index contributed by atoms with van der Waals surface area (Å²) < 4.78 is 5.21. The van der Waals surface area contributed by atoms with E-state index < -0.39 is 5.97 Å². The zero-order valence-electron chi connectivity index (χ0n) is 17.5. The predicted octanol–water partition coefficient (Wildman–Crippen LogP) is 3.09. The summed E-state index contributed by atoms with van der Waals surface area (Å²) in [4.78, 5) is 31.9. The van der Waals surface area contributed by atoms with E-state index in [1.54, 1.807) is 17.1 Å². The lowest BCUT2D eigenvalue weighted by molar-refractivity contribution is -0.137. The molecule has 1 saturated heterocycles. The van der Waals surface area contributed by atoms with Crippen LogP contribution in [0.1, 0.15) is 48.0 Å². The quantitative estimate of drug-likeness (QED) is 0.435. The number of oxime groups is 1. The fraction of sp³-hybridized carbons (Fsp3) is 0.435. The Morgan fingerprint density at radius 3 is 2.68 bits per heavy atom. The average molecular weight is 428 g/mol. The summed E-state index contributed by atoms with van der Waals surface area (Å²) in [5.74, 6) is -1.36. The second-order valence-electron chi connectivity index (χ2n) is 7.52. The lowest BCUT2D eigenvalue weighted by atomic mass is 10.00. The van der Waals surface area contributed by atoms with E-state index in [0.717, 1.165) is 51.3 Å². The molecule has 2 heterocycles. The van der Waals surface area contributed by atoms with Crippen LogP contribution in [-0.2, 0) is 20.8 Å². The highest BCUT2D eigenvalue weighted by atomic mass is 16.6. The largest absolute Gasteiger partial charge is 0.508 e. The highest BCUT2D eigenvalue weighted by molar-refractivity contribution is 6.00. The number of phenols is 2. The van der Waals surface area contributed by atoms with E-state index in [9.17, 15) is 19.8 Å². The number of nitrogens with zero attached hydrogens (tertiary/aromatic N) is 2. The Morgan fingerprint density at radius 1 is 1.10 bits per heavy atom. The van der Waals surface area contributed by atoms with Crippen molar-refractivity contribution in [3.63, 3.8) is 0 Å². The molecule has 0 aromatic heterocycles. The molecule has 0 bridgehead atoms. The fourth-order valence-electron chi connectivity index (χ4n) is 3.56. The zero-order valence-corrected chi connectivity index (χ0v) is 17.5. The number of fused-ring (bicyclic) bond motifs is 1. The van der Waals surface area contributed by atoms with E-state index >= 15 is 0 Å². The number of likely N-dealkylation sites (tertiary alicyclic amines) is 1. The lowest BCUT2D eigenvalue weighted by Crippen LogP contribution is -2.37. The molecule has 0 atom stereocenters. The summed E-state index contributed by atoms with van der Waals surface area (Å²) >= 11 is 0. The van der Waals surface area contributed by atoms with Crippen LogP contribution in [0, 0.1) is 0 Å². The molecule has 2 N–H and O–H groups in total. The first kappa shape index (κ1) is 22.4. The van der Waals surface area contributed by atoms with Gasteiger partial charge in [0.15, 0.2) is 6.61 Å². The average Bonchev–Trinajstić information content (AvgIpc) is 2.76. The summed E-state index contributed by atoms with van der Waals surface area (Å²) in [7, 11) is 0. The van der Waals surface area contributed by atoms with Gasteiger partial charge in [0.1, 0.15) is 23.7 Å². The number of benzene rings is 1. The van der Waals surface area contributed by atoms with E-state index in [1.165, 1.54) is 6.07 Å². The third-order valence-corrected chi connectivity index (χ3v) is 5.13. The third-order valence-electron chi connectivity index (χ3n) is 5.13. The van der Waals surface area contributed by atoms with Crippen molar-refractivity contribution in [2.75, 3.05) is 26.3 Å². The van der Waals surface area contributed by atoms with Gasteiger partial charge in [-0.15, -0.1) is 0 Å². The minimum atomic E-state index is -0.694. The number of carbonyl (C=O) groups is 2. The Balaban J connectivity index is 1.80. The van der Waals surface area contributed by atoms with Crippen molar-refractivity contribution in [2.45, 2.75) is 38.5 Å². The molecule has 31 heavy (non-hydrogen) atoms. The number of allylic oxidation sites excluding steroid dienone is 3. The summed E-state index contributed by atoms with van der Waals surface area (Å²) in [5, 5.41) is 24.2. The second kappa shape index (κ2) is 11.2. The summed E-state index contributed by atoms with van der Waals surface area (Å²) in [6.45, 7) is 1.39. The van der Waals surface area contributed by atoms with Gasteiger partial charge in [0.05, 0.1) is 5.71 Å². The Bertz CT molecular complexity index is 884. The number of hydrogen-bond donors (Lipinski definition) is 2. The number of piperidine rings is 1. The molecule has 166 valence electrons. The Hall–Kier alpha value is -3.29. The molecule has 1 amide bonds. The number of carbonyl (C=O) groups excluding carboxylic acids is 2. The molecular formula is C23H28N2O6. The highest BCUT2D eigenvalue weighted by Crippen LogP contribution is 2.29. The third kappa shape index (κ3) is 6.60. The molecule has 2 aliphatic rings. The van der Waals surface area contributed by atoms with Crippen molar-refractivity contribution in [2.24, 2.45) is 5.16 Å². The topological polar surface area (TPSA) is 109 Å². The number of amides is 1. The highest BCUT2D eigenvalue weighted by Gasteiger charge is 2.21. The molecule has 8 nitrogen and oxygen atoms in total. The second-order valence-corrected chi connectivity index (χ2v) is 7.52. The minimum absolute atomic E-state index is 0.0315. The number of rotatable bonds is 3. The molecule has 1 aromatic carbocycles. The van der Waals surface area contributed by atoms with Crippen molar-refractivity contribution in [3.05, 3.63) is 47.6 Å². The van der Waals surface area contributed by atoms with E-state index in [4.69, 9.17) is 9.57 Å². The van der Waals surface area contributed by atoms with Crippen molar-refractivity contribution >= 4 is 17.6 Å². The van der Waals surface area contributed by atoms with Crippen LogP contribution in [0.15, 0.2) is 41.6 Å². The standard InChI is InChI=1S/C23H28N2O6/c26-19-14-17-13-18(24-31-16-21(28)25-10-6-4-7-11-25)9-5-2-1-3-8-12-30-23(29)22(17)20(27)15-19/h3,5,8-9,14-15,26-27H,1-2,4,6-7,10-13,16H2. The van der Waals surface area contributed by atoms with Crippen LogP contribution in [0.5, 0.6) is 11.5 Å². The molecule has 0 saturated carbocycles. The maximum absolute atomic E-state index is 12.5. The molecular weight excluding hydrogens is 400 g/mol. The number of phenolic OH excluding ortho intramolecular Hbond substituents is 2. The normalized spacial score (nSPS) is 19.0. The molecule has 0 aliphatic carbocycles. The molecule has 1 fully saturated rings. The van der Waals surface area contributed by atoms with Crippen LogP contribution in [-0.4, -0.2) is 59.0 Å². The summed E-state index contributed by atoms with van der Waals surface area (Å²) in [5.41, 5.74) is 0.768. The number of esters is 1. The smallest absolute Gasteiger partial charge is 0.342 e. The van der Waals surface area contributed by atoms with Crippen LogP contribution in [0.25, 0.3) is 0 Å². The SMILES string of the molecule is O=C1OCC=CCCC=CC(=NOCC(=O)N2CCCCC2)Cc2cc(O)cc(O)c21. The summed E-state index contributed by atoms with van der Waals surface area (Å²) in [6.07, 6.45) is 12.1. The monoisotopic (exact) mass is 428 g/mol. The lowest BCUT2D eigenvalue weighted by Gasteiger charge is -2.26. The Labute approximate surface area is 181 Å². The van der Waals surface area contributed by atoms with E-state index in [0.29, 0.717) is 11.3 Å².